The van der Waals surface area contributed by atoms with E-state index in [4.69, 9.17) is 21.4 Å². The quantitative estimate of drug-likeness (QED) is 0.735. The highest BCUT2D eigenvalue weighted by Gasteiger charge is 2.09. The first-order valence-electron chi connectivity index (χ1n) is 5.94. The van der Waals surface area contributed by atoms with Gasteiger partial charge in [-0.05, 0) is 17.7 Å². The van der Waals surface area contributed by atoms with Crippen LogP contribution in [0.25, 0.3) is 0 Å². The molecule has 0 fully saturated rings. The molecule has 0 aliphatic carbocycles. The molecule has 0 bridgehead atoms. The van der Waals surface area contributed by atoms with E-state index in [1.807, 2.05) is 6.07 Å². The van der Waals surface area contributed by atoms with Crippen molar-refractivity contribution < 1.29 is 14.6 Å². The Bertz CT molecular complexity index is 426. The van der Waals surface area contributed by atoms with Gasteiger partial charge in [0.05, 0.1) is 19.8 Å². The summed E-state index contributed by atoms with van der Waals surface area (Å²) in [6.45, 7) is 1.12. The van der Waals surface area contributed by atoms with Crippen LogP contribution in [0, 0.1) is 0 Å². The molecular formula is C13H19ClN2O3. The number of aliphatic hydroxyl groups excluding tert-OH is 1. The van der Waals surface area contributed by atoms with Gasteiger partial charge >= 0.3 is 0 Å². The molecule has 0 saturated carbocycles. The predicted octanol–water partition coefficient (Wildman–Crippen LogP) is 1.03. The third-order valence-corrected chi connectivity index (χ3v) is 3.01. The lowest BCUT2D eigenvalue weighted by atomic mass is 10.2. The molecule has 106 valence electrons. The van der Waals surface area contributed by atoms with E-state index in [-0.39, 0.29) is 19.1 Å². The number of amides is 1. The second kappa shape index (κ2) is 7.99. The fourth-order valence-electron chi connectivity index (χ4n) is 1.56. The van der Waals surface area contributed by atoms with Gasteiger partial charge in [0.25, 0.3) is 0 Å². The lowest BCUT2D eigenvalue weighted by molar-refractivity contribution is -0.119. The van der Waals surface area contributed by atoms with Crippen LogP contribution in [0.2, 0.25) is 5.02 Å². The normalized spacial score (nSPS) is 10.3. The number of nitrogens with one attached hydrogen (secondary N) is 1. The van der Waals surface area contributed by atoms with Crippen LogP contribution < -0.4 is 10.2 Å². The second-order valence-electron chi connectivity index (χ2n) is 4.13. The first-order valence-corrected chi connectivity index (χ1v) is 6.32. The van der Waals surface area contributed by atoms with Crippen LogP contribution in [-0.2, 0) is 16.1 Å². The summed E-state index contributed by atoms with van der Waals surface area (Å²) in [4.78, 5) is 13.4. The van der Waals surface area contributed by atoms with E-state index in [0.29, 0.717) is 23.7 Å². The molecule has 1 aromatic rings. The van der Waals surface area contributed by atoms with Crippen LogP contribution >= 0.6 is 11.6 Å². The maximum atomic E-state index is 11.6. The van der Waals surface area contributed by atoms with Crippen molar-refractivity contribution in [1.29, 1.82) is 0 Å². The maximum absolute atomic E-state index is 11.6. The van der Waals surface area contributed by atoms with Crippen molar-refractivity contribution in [1.82, 2.24) is 5.32 Å². The number of halogens is 1. The Balaban J connectivity index is 2.55. The molecule has 0 unspecified atom stereocenters. The average Bonchev–Trinajstić information content (AvgIpc) is 2.38. The van der Waals surface area contributed by atoms with E-state index in [1.54, 1.807) is 31.2 Å². The van der Waals surface area contributed by atoms with E-state index in [9.17, 15) is 4.79 Å². The number of carbonyl (C=O) groups is 1. The van der Waals surface area contributed by atoms with Crippen molar-refractivity contribution in [2.24, 2.45) is 0 Å². The molecule has 19 heavy (non-hydrogen) atoms. The summed E-state index contributed by atoms with van der Waals surface area (Å²) in [5.41, 5.74) is 1.49. The molecule has 0 aromatic heterocycles. The zero-order chi connectivity index (χ0) is 14.3. The zero-order valence-electron chi connectivity index (χ0n) is 11.1. The third-order valence-electron chi connectivity index (χ3n) is 2.66. The fourth-order valence-corrected chi connectivity index (χ4v) is 1.79. The molecule has 0 heterocycles. The minimum atomic E-state index is -0.0969. The Hall–Kier alpha value is -1.30. The van der Waals surface area contributed by atoms with Gasteiger partial charge in [-0.25, -0.2) is 0 Å². The highest BCUT2D eigenvalue weighted by atomic mass is 35.5. The highest BCUT2D eigenvalue weighted by molar-refractivity contribution is 6.31. The lowest BCUT2D eigenvalue weighted by Gasteiger charge is -2.19. The Morgan fingerprint density at radius 3 is 2.84 bits per heavy atom. The van der Waals surface area contributed by atoms with Gasteiger partial charge in [0.15, 0.2) is 0 Å². The molecule has 1 rings (SSSR count). The van der Waals surface area contributed by atoms with E-state index >= 15 is 0 Å². The summed E-state index contributed by atoms with van der Waals surface area (Å²) >= 11 is 6.01. The number of ether oxygens (including phenoxy) is 1. The predicted molar refractivity (Wildman–Crippen MR) is 75.5 cm³/mol. The number of rotatable bonds is 7. The number of nitrogens with zero attached hydrogens (tertiary/aromatic N) is 1. The average molecular weight is 287 g/mol. The minimum absolute atomic E-state index is 0.0816. The third kappa shape index (κ3) is 5.06. The molecule has 0 radical (unpaired) electrons. The molecule has 0 saturated heterocycles. The lowest BCUT2D eigenvalue weighted by Crippen LogP contribution is -2.36. The summed E-state index contributed by atoms with van der Waals surface area (Å²) in [5, 5.41) is 12.3. The molecule has 0 aliphatic heterocycles. The van der Waals surface area contributed by atoms with E-state index in [1.165, 1.54) is 0 Å². The van der Waals surface area contributed by atoms with Crippen molar-refractivity contribution >= 4 is 23.2 Å². The van der Waals surface area contributed by atoms with Gasteiger partial charge in [-0.1, -0.05) is 17.7 Å². The number of likely N-dealkylation sites (N-methyl/N-ethyl adjacent to an activating group) is 1. The van der Waals surface area contributed by atoms with E-state index in [2.05, 4.69) is 5.32 Å². The Labute approximate surface area is 118 Å². The van der Waals surface area contributed by atoms with E-state index in [0.717, 1.165) is 5.69 Å². The van der Waals surface area contributed by atoms with Crippen molar-refractivity contribution in [3.8, 4) is 0 Å². The Morgan fingerprint density at radius 1 is 1.53 bits per heavy atom. The molecule has 6 heteroatoms. The monoisotopic (exact) mass is 286 g/mol. The van der Waals surface area contributed by atoms with Gasteiger partial charge in [-0.3, -0.25) is 4.79 Å². The molecule has 0 spiro atoms. The number of carbonyl (C=O) groups excluding carboxylic acids is 1. The van der Waals surface area contributed by atoms with Crippen LogP contribution in [-0.4, -0.2) is 44.9 Å². The van der Waals surface area contributed by atoms with Gasteiger partial charge < -0.3 is 20.1 Å². The fraction of sp³-hybridized carbons (Fsp3) is 0.462. The summed E-state index contributed by atoms with van der Waals surface area (Å²) in [6.07, 6.45) is 0. The minimum Gasteiger partial charge on any atom is -0.392 e. The van der Waals surface area contributed by atoms with Gasteiger partial charge in [0.2, 0.25) is 5.91 Å². The molecule has 0 atom stereocenters. The number of benzene rings is 1. The van der Waals surface area contributed by atoms with Crippen molar-refractivity contribution in [2.75, 3.05) is 38.8 Å². The van der Waals surface area contributed by atoms with Gasteiger partial charge in [-0.2, -0.15) is 0 Å². The van der Waals surface area contributed by atoms with Crippen LogP contribution in [0.3, 0.4) is 0 Å². The van der Waals surface area contributed by atoms with Crippen LogP contribution in [0.5, 0.6) is 0 Å². The molecule has 1 amide bonds. The topological polar surface area (TPSA) is 61.8 Å². The smallest absolute Gasteiger partial charge is 0.239 e. The standard InChI is InChI=1S/C13H19ClN2O3/c1-16(8-13(18)15-5-6-19-2)11-4-3-10(9-17)12(14)7-11/h3-4,7,17H,5-6,8-9H2,1-2H3,(H,15,18). The molecular weight excluding hydrogens is 268 g/mol. The summed E-state index contributed by atoms with van der Waals surface area (Å²) in [7, 11) is 3.39. The van der Waals surface area contributed by atoms with Crippen LogP contribution in [0.15, 0.2) is 18.2 Å². The first-order chi connectivity index (χ1) is 9.08. The molecule has 2 N–H and O–H groups in total. The van der Waals surface area contributed by atoms with Crippen LogP contribution in [0.4, 0.5) is 5.69 Å². The SMILES string of the molecule is COCCNC(=O)CN(C)c1ccc(CO)c(Cl)c1. The molecule has 0 aliphatic rings. The maximum Gasteiger partial charge on any atom is 0.239 e. The van der Waals surface area contributed by atoms with Gasteiger partial charge in [-0.15, -0.1) is 0 Å². The van der Waals surface area contributed by atoms with E-state index < -0.39 is 0 Å². The zero-order valence-corrected chi connectivity index (χ0v) is 11.9. The Kier molecular flexibility index (Phi) is 6.62. The number of methoxy groups -OCH3 is 1. The molecule has 1 aromatic carbocycles. The largest absolute Gasteiger partial charge is 0.392 e. The number of aliphatic hydroxyl groups is 1. The van der Waals surface area contributed by atoms with Crippen molar-refractivity contribution in [2.45, 2.75) is 6.61 Å². The summed E-state index contributed by atoms with van der Waals surface area (Å²) in [5.74, 6) is -0.0816. The van der Waals surface area contributed by atoms with Gasteiger partial charge in [0, 0.05) is 31.4 Å². The molecule has 5 nitrogen and oxygen atoms in total. The second-order valence-corrected chi connectivity index (χ2v) is 4.54. The number of anilines is 1. The van der Waals surface area contributed by atoms with Gasteiger partial charge in [0.1, 0.15) is 0 Å². The Morgan fingerprint density at radius 2 is 2.26 bits per heavy atom. The highest BCUT2D eigenvalue weighted by Crippen LogP contribution is 2.22. The number of hydrogen-bond donors (Lipinski definition) is 2. The summed E-state index contributed by atoms with van der Waals surface area (Å²) in [6, 6.07) is 5.30. The number of hydrogen-bond acceptors (Lipinski definition) is 4. The van der Waals surface area contributed by atoms with Crippen molar-refractivity contribution in [3.63, 3.8) is 0 Å². The first kappa shape index (κ1) is 15.8. The summed E-state index contributed by atoms with van der Waals surface area (Å²) < 4.78 is 4.85. The van der Waals surface area contributed by atoms with Crippen LogP contribution in [0.1, 0.15) is 5.56 Å². The van der Waals surface area contributed by atoms with Crippen molar-refractivity contribution in [3.05, 3.63) is 28.8 Å².